The zero-order valence-corrected chi connectivity index (χ0v) is 22.0. The van der Waals surface area contributed by atoms with Crippen molar-refractivity contribution in [1.82, 2.24) is 4.98 Å². The van der Waals surface area contributed by atoms with Gasteiger partial charge in [-0.15, -0.1) is 0 Å². The predicted octanol–water partition coefficient (Wildman–Crippen LogP) is 4.11. The first kappa shape index (κ1) is 26.4. The van der Waals surface area contributed by atoms with Gasteiger partial charge in [-0.2, -0.15) is 0 Å². The Morgan fingerprint density at radius 2 is 1.85 bits per heavy atom. The normalized spacial score (nSPS) is 22.1. The molecule has 0 aliphatic carbocycles. The van der Waals surface area contributed by atoms with Gasteiger partial charge in [0.1, 0.15) is 17.1 Å². The molecule has 2 fully saturated rings. The van der Waals surface area contributed by atoms with Crippen LogP contribution in [0.15, 0.2) is 82.1 Å². The molecule has 2 aliphatic heterocycles. The Kier molecular flexibility index (Phi) is 6.78. The molecule has 40 heavy (non-hydrogen) atoms. The van der Waals surface area contributed by atoms with Crippen LogP contribution < -0.4 is 5.14 Å². The van der Waals surface area contributed by atoms with Gasteiger partial charge in [-0.1, -0.05) is 42.3 Å². The minimum Gasteiger partial charge on any atom is -0.429 e. The molecule has 2 aliphatic rings. The van der Waals surface area contributed by atoms with Gasteiger partial charge in [0.2, 0.25) is 10.0 Å². The van der Waals surface area contributed by atoms with Gasteiger partial charge in [-0.3, -0.25) is 0 Å². The van der Waals surface area contributed by atoms with E-state index in [9.17, 15) is 17.9 Å². The van der Waals surface area contributed by atoms with Crippen molar-refractivity contribution in [3.8, 4) is 34.4 Å². The van der Waals surface area contributed by atoms with Crippen LogP contribution in [0, 0.1) is 17.7 Å². The lowest BCUT2D eigenvalue weighted by Crippen LogP contribution is -2.39. The molecule has 10 heteroatoms. The average molecular weight is 561 g/mol. The van der Waals surface area contributed by atoms with Gasteiger partial charge in [0, 0.05) is 30.4 Å². The second kappa shape index (κ2) is 10.3. The van der Waals surface area contributed by atoms with Gasteiger partial charge >= 0.3 is 0 Å². The molecule has 3 N–H and O–H groups in total. The van der Waals surface area contributed by atoms with E-state index >= 15 is 0 Å². The van der Waals surface area contributed by atoms with Crippen LogP contribution in [0.1, 0.15) is 29.9 Å². The van der Waals surface area contributed by atoms with Crippen molar-refractivity contribution < 1.29 is 31.8 Å². The summed E-state index contributed by atoms with van der Waals surface area (Å²) in [5, 5.41) is 15.5. The number of benzene rings is 3. The number of fused-ring (bicyclic) bond motifs is 2. The van der Waals surface area contributed by atoms with Crippen molar-refractivity contribution in [3.63, 3.8) is 0 Å². The fourth-order valence-corrected chi connectivity index (χ4v) is 5.64. The third kappa shape index (κ3) is 5.30. The maximum Gasteiger partial charge on any atom is 0.274 e. The van der Waals surface area contributed by atoms with Crippen LogP contribution in [0.4, 0.5) is 4.39 Å². The summed E-state index contributed by atoms with van der Waals surface area (Å²) in [5.41, 5.74) is 2.31. The average Bonchev–Trinajstić information content (AvgIpc) is 3.49. The number of halogens is 1. The number of hydrogen-bond donors (Lipinski definition) is 2. The second-order valence-electron chi connectivity index (χ2n) is 9.91. The molecule has 204 valence electrons. The number of aliphatic hydroxyl groups is 1. The Morgan fingerprint density at radius 1 is 1.07 bits per heavy atom. The third-order valence-electron chi connectivity index (χ3n) is 6.98. The van der Waals surface area contributed by atoms with Crippen molar-refractivity contribution in [3.05, 3.63) is 95.6 Å². The Hall–Kier alpha value is -3.85. The van der Waals surface area contributed by atoms with Crippen molar-refractivity contribution in [2.45, 2.75) is 42.2 Å². The van der Waals surface area contributed by atoms with Gasteiger partial charge in [-0.25, -0.2) is 22.9 Å². The van der Waals surface area contributed by atoms with E-state index in [1.165, 1.54) is 24.3 Å². The molecular formula is C30H25FN2O6S. The van der Waals surface area contributed by atoms with Gasteiger partial charge in [-0.05, 0) is 53.4 Å². The first-order chi connectivity index (χ1) is 19.2. The fourth-order valence-electron chi connectivity index (χ4n) is 5.12. The lowest BCUT2D eigenvalue weighted by Gasteiger charge is -2.34. The smallest absolute Gasteiger partial charge is 0.274 e. The van der Waals surface area contributed by atoms with E-state index in [0.717, 1.165) is 5.56 Å². The molecule has 3 atom stereocenters. The highest BCUT2D eigenvalue weighted by Crippen LogP contribution is 2.44. The van der Waals surface area contributed by atoms with E-state index in [1.807, 2.05) is 36.4 Å². The molecule has 4 aromatic rings. The standard InChI is InChI=1S/C30H25FN2O6S/c31-23-14-19(13-22(15-23)30-17-24(34)16-27(39-30)37-18-30)5-4-8-26-33-28(20-6-2-1-3-7-20)29(38-26)21-9-11-25(12-10-21)40(32,35)36/h1-3,6-7,9-15,24,27,34H,5,16-18H2,(H2,32,35,36)/t24-,27-,30-/m1/s1. The minimum absolute atomic E-state index is 0.0149. The van der Waals surface area contributed by atoms with E-state index in [1.54, 1.807) is 12.1 Å². The lowest BCUT2D eigenvalue weighted by atomic mass is 9.85. The highest BCUT2D eigenvalue weighted by atomic mass is 32.2. The Labute approximate surface area is 230 Å². The van der Waals surface area contributed by atoms with E-state index < -0.39 is 33.8 Å². The predicted molar refractivity (Wildman–Crippen MR) is 143 cm³/mol. The Morgan fingerprint density at radius 3 is 2.60 bits per heavy atom. The number of primary sulfonamides is 1. The fraction of sp³-hybridized carbons (Fsp3) is 0.233. The summed E-state index contributed by atoms with van der Waals surface area (Å²) in [7, 11) is -3.84. The number of hydrogen-bond acceptors (Lipinski definition) is 7. The SMILES string of the molecule is NS(=O)(=O)c1ccc(-c2oc(C#CCc3cc(F)cc([C@]45CO[C@@H](C[C@@H](O)C4)O5)c3)nc2-c2ccccc2)cc1. The molecule has 3 aromatic carbocycles. The Bertz CT molecular complexity index is 1730. The van der Waals surface area contributed by atoms with Crippen LogP contribution >= 0.6 is 0 Å². The van der Waals surface area contributed by atoms with E-state index in [-0.39, 0.29) is 23.8 Å². The van der Waals surface area contributed by atoms with Gasteiger partial charge < -0.3 is 19.0 Å². The largest absolute Gasteiger partial charge is 0.429 e. The van der Waals surface area contributed by atoms with Gasteiger partial charge in [0.05, 0.1) is 17.6 Å². The summed E-state index contributed by atoms with van der Waals surface area (Å²) in [6.07, 6.45) is -0.132. The highest BCUT2D eigenvalue weighted by molar-refractivity contribution is 7.89. The zero-order chi connectivity index (χ0) is 27.9. The second-order valence-corrected chi connectivity index (χ2v) is 11.5. The minimum atomic E-state index is -3.84. The summed E-state index contributed by atoms with van der Waals surface area (Å²) >= 11 is 0. The summed E-state index contributed by atoms with van der Waals surface area (Å²) in [6, 6.07) is 20.0. The molecule has 3 heterocycles. The quantitative estimate of drug-likeness (QED) is 0.352. The molecule has 0 radical (unpaired) electrons. The van der Waals surface area contributed by atoms with E-state index in [4.69, 9.17) is 19.0 Å². The summed E-state index contributed by atoms with van der Waals surface area (Å²) in [6.45, 7) is 0.253. The Balaban J connectivity index is 1.30. The molecule has 0 unspecified atom stereocenters. The maximum absolute atomic E-state index is 14.6. The lowest BCUT2D eigenvalue weighted by molar-refractivity contribution is -0.156. The van der Waals surface area contributed by atoms with Crippen LogP contribution in [0.3, 0.4) is 0 Å². The van der Waals surface area contributed by atoms with Crippen LogP contribution in [0.25, 0.3) is 22.6 Å². The molecule has 6 rings (SSSR count). The number of aromatic nitrogens is 1. The number of nitrogens with two attached hydrogens (primary N) is 1. The first-order valence-electron chi connectivity index (χ1n) is 12.6. The van der Waals surface area contributed by atoms with Crippen molar-refractivity contribution in [1.29, 1.82) is 0 Å². The summed E-state index contributed by atoms with van der Waals surface area (Å²) < 4.78 is 55.6. The number of rotatable bonds is 5. The summed E-state index contributed by atoms with van der Waals surface area (Å²) in [5.74, 6) is 6.09. The van der Waals surface area contributed by atoms with Crippen LogP contribution in [-0.4, -0.2) is 37.5 Å². The number of nitrogens with zero attached hydrogens (tertiary/aromatic N) is 1. The molecule has 8 nitrogen and oxygen atoms in total. The van der Waals surface area contributed by atoms with Crippen LogP contribution in [-0.2, 0) is 31.5 Å². The number of oxazole rings is 1. The van der Waals surface area contributed by atoms with Crippen molar-refractivity contribution in [2.24, 2.45) is 5.14 Å². The molecular weight excluding hydrogens is 535 g/mol. The maximum atomic E-state index is 14.6. The third-order valence-corrected chi connectivity index (χ3v) is 7.91. The number of sulfonamides is 1. The molecule has 0 amide bonds. The molecule has 0 saturated carbocycles. The molecule has 1 aromatic heterocycles. The van der Waals surface area contributed by atoms with Gasteiger partial charge in [0.25, 0.3) is 5.89 Å². The molecule has 2 saturated heterocycles. The van der Waals surface area contributed by atoms with E-state index in [2.05, 4.69) is 16.8 Å². The zero-order valence-electron chi connectivity index (χ0n) is 21.2. The number of aliphatic hydroxyl groups excluding tert-OH is 1. The molecule has 0 spiro atoms. The number of ether oxygens (including phenoxy) is 2. The van der Waals surface area contributed by atoms with E-state index in [0.29, 0.717) is 41.0 Å². The summed E-state index contributed by atoms with van der Waals surface area (Å²) in [4.78, 5) is 4.57. The van der Waals surface area contributed by atoms with Crippen LogP contribution in [0.2, 0.25) is 0 Å². The topological polar surface area (TPSA) is 125 Å². The highest BCUT2D eigenvalue weighted by Gasteiger charge is 2.49. The first-order valence-corrected chi connectivity index (χ1v) is 14.2. The van der Waals surface area contributed by atoms with Crippen molar-refractivity contribution >= 4 is 10.0 Å². The monoisotopic (exact) mass is 560 g/mol. The van der Waals surface area contributed by atoms with Crippen molar-refractivity contribution in [2.75, 3.05) is 6.61 Å². The van der Waals surface area contributed by atoms with Gasteiger partial charge in [0.15, 0.2) is 12.1 Å². The van der Waals surface area contributed by atoms with Crippen LogP contribution in [0.5, 0.6) is 0 Å². The molecule has 2 bridgehead atoms.